The van der Waals surface area contributed by atoms with E-state index in [0.29, 0.717) is 6.10 Å². The fourth-order valence-corrected chi connectivity index (χ4v) is 3.15. The van der Waals surface area contributed by atoms with Gasteiger partial charge in [0.2, 0.25) is 0 Å². The van der Waals surface area contributed by atoms with Gasteiger partial charge in [0.25, 0.3) is 0 Å². The van der Waals surface area contributed by atoms with Crippen molar-refractivity contribution in [2.75, 3.05) is 26.7 Å². The summed E-state index contributed by atoms with van der Waals surface area (Å²) in [5.41, 5.74) is 1.21. The van der Waals surface area contributed by atoms with Crippen molar-refractivity contribution in [1.82, 2.24) is 15.2 Å². The molecule has 1 aromatic heterocycles. The number of hydrogen-bond donors (Lipinski definition) is 1. The SMILES string of the molecule is CCOC1CCN(Cc2csc(CNC)n2)CC1. The van der Waals surface area contributed by atoms with Crippen molar-refractivity contribution >= 4 is 11.3 Å². The number of piperidine rings is 1. The molecule has 18 heavy (non-hydrogen) atoms. The lowest BCUT2D eigenvalue weighted by Crippen LogP contribution is -2.36. The second-order valence-corrected chi connectivity index (χ2v) is 5.64. The van der Waals surface area contributed by atoms with Gasteiger partial charge in [0.1, 0.15) is 5.01 Å². The summed E-state index contributed by atoms with van der Waals surface area (Å²) in [6.07, 6.45) is 2.78. The second-order valence-electron chi connectivity index (χ2n) is 4.69. The van der Waals surface area contributed by atoms with Gasteiger partial charge < -0.3 is 10.1 Å². The molecule has 0 amide bonds. The summed E-state index contributed by atoms with van der Waals surface area (Å²) >= 11 is 1.75. The minimum atomic E-state index is 0.474. The Hall–Kier alpha value is -0.490. The Bertz CT molecular complexity index is 348. The molecule has 1 aromatic rings. The maximum atomic E-state index is 5.67. The Kier molecular flexibility index (Phi) is 5.56. The van der Waals surface area contributed by atoms with Gasteiger partial charge >= 0.3 is 0 Å². The van der Waals surface area contributed by atoms with E-state index in [0.717, 1.165) is 45.6 Å². The second kappa shape index (κ2) is 7.19. The molecule has 0 radical (unpaired) electrons. The highest BCUT2D eigenvalue weighted by Gasteiger charge is 2.19. The molecular weight excluding hydrogens is 246 g/mol. The van der Waals surface area contributed by atoms with Crippen LogP contribution < -0.4 is 5.32 Å². The maximum absolute atomic E-state index is 5.67. The van der Waals surface area contributed by atoms with Crippen LogP contribution in [-0.2, 0) is 17.8 Å². The molecule has 0 atom stereocenters. The molecule has 1 fully saturated rings. The molecule has 1 saturated heterocycles. The lowest BCUT2D eigenvalue weighted by Gasteiger charge is -2.31. The van der Waals surface area contributed by atoms with E-state index in [1.807, 2.05) is 7.05 Å². The highest BCUT2D eigenvalue weighted by Crippen LogP contribution is 2.17. The molecule has 0 aliphatic carbocycles. The van der Waals surface area contributed by atoms with Crippen LogP contribution in [0.1, 0.15) is 30.5 Å². The smallest absolute Gasteiger partial charge is 0.107 e. The quantitative estimate of drug-likeness (QED) is 0.855. The van der Waals surface area contributed by atoms with Gasteiger partial charge in [0.05, 0.1) is 11.8 Å². The molecular formula is C13H23N3OS. The molecule has 0 spiro atoms. The van der Waals surface area contributed by atoms with Gasteiger partial charge in [0, 0.05) is 38.2 Å². The lowest BCUT2D eigenvalue weighted by molar-refractivity contribution is 0.0123. The van der Waals surface area contributed by atoms with E-state index in [4.69, 9.17) is 4.74 Å². The fourth-order valence-electron chi connectivity index (χ4n) is 2.35. The summed E-state index contributed by atoms with van der Waals surface area (Å²) in [4.78, 5) is 7.11. The molecule has 1 N–H and O–H groups in total. The highest BCUT2D eigenvalue weighted by molar-refractivity contribution is 7.09. The van der Waals surface area contributed by atoms with Gasteiger partial charge in [-0.15, -0.1) is 11.3 Å². The van der Waals surface area contributed by atoms with Crippen LogP contribution in [0.3, 0.4) is 0 Å². The zero-order chi connectivity index (χ0) is 12.8. The molecule has 1 aliphatic rings. The van der Waals surface area contributed by atoms with Crippen molar-refractivity contribution in [3.63, 3.8) is 0 Å². The number of nitrogens with zero attached hydrogens (tertiary/aromatic N) is 2. The Morgan fingerprint density at radius 2 is 2.28 bits per heavy atom. The third-order valence-corrected chi connectivity index (χ3v) is 4.15. The Morgan fingerprint density at radius 3 is 2.94 bits per heavy atom. The topological polar surface area (TPSA) is 37.4 Å². The summed E-state index contributed by atoms with van der Waals surface area (Å²) in [6, 6.07) is 0. The van der Waals surface area contributed by atoms with E-state index < -0.39 is 0 Å². The monoisotopic (exact) mass is 269 g/mol. The molecule has 2 heterocycles. The number of nitrogens with one attached hydrogen (secondary N) is 1. The van der Waals surface area contributed by atoms with Crippen LogP contribution in [0.5, 0.6) is 0 Å². The summed E-state index contributed by atoms with van der Waals surface area (Å²) < 4.78 is 5.67. The van der Waals surface area contributed by atoms with E-state index in [9.17, 15) is 0 Å². The lowest BCUT2D eigenvalue weighted by atomic mass is 10.1. The Morgan fingerprint density at radius 1 is 1.50 bits per heavy atom. The standard InChI is InChI=1S/C13H23N3OS/c1-3-17-12-4-6-16(7-5-12)9-11-10-18-13(15-11)8-14-2/h10,12,14H,3-9H2,1-2H3. The Labute approximate surface area is 113 Å². The van der Waals surface area contributed by atoms with Gasteiger partial charge in [-0.25, -0.2) is 4.98 Å². The molecule has 0 bridgehead atoms. The zero-order valence-corrected chi connectivity index (χ0v) is 12.1. The average Bonchev–Trinajstić information content (AvgIpc) is 2.80. The number of thiazole rings is 1. The largest absolute Gasteiger partial charge is 0.378 e. The van der Waals surface area contributed by atoms with Crippen LogP contribution in [0.2, 0.25) is 0 Å². The predicted octanol–water partition coefficient (Wildman–Crippen LogP) is 1.86. The summed E-state index contributed by atoms with van der Waals surface area (Å²) in [5, 5.41) is 6.50. The molecule has 1 aliphatic heterocycles. The van der Waals surface area contributed by atoms with E-state index in [-0.39, 0.29) is 0 Å². The molecule has 0 unspecified atom stereocenters. The van der Waals surface area contributed by atoms with Crippen LogP contribution in [0.25, 0.3) is 0 Å². The number of likely N-dealkylation sites (tertiary alicyclic amines) is 1. The van der Waals surface area contributed by atoms with Crippen LogP contribution in [0, 0.1) is 0 Å². The zero-order valence-electron chi connectivity index (χ0n) is 11.3. The first kappa shape index (κ1) is 13.9. The van der Waals surface area contributed by atoms with Crippen molar-refractivity contribution in [2.24, 2.45) is 0 Å². The molecule has 102 valence electrons. The number of aromatic nitrogens is 1. The van der Waals surface area contributed by atoms with Gasteiger partial charge in [-0.3, -0.25) is 4.90 Å². The van der Waals surface area contributed by atoms with E-state index in [1.54, 1.807) is 11.3 Å². The number of ether oxygens (including phenoxy) is 1. The van der Waals surface area contributed by atoms with Crippen molar-refractivity contribution in [3.05, 3.63) is 16.1 Å². The van der Waals surface area contributed by atoms with Crippen LogP contribution in [0.15, 0.2) is 5.38 Å². The van der Waals surface area contributed by atoms with Gasteiger partial charge in [0.15, 0.2) is 0 Å². The fraction of sp³-hybridized carbons (Fsp3) is 0.769. The van der Waals surface area contributed by atoms with E-state index in [2.05, 4.69) is 27.5 Å². The van der Waals surface area contributed by atoms with Crippen molar-refractivity contribution < 1.29 is 4.74 Å². The summed E-state index contributed by atoms with van der Waals surface area (Å²) in [7, 11) is 1.96. The van der Waals surface area contributed by atoms with Crippen LogP contribution >= 0.6 is 11.3 Å². The minimum Gasteiger partial charge on any atom is -0.378 e. The van der Waals surface area contributed by atoms with Crippen LogP contribution in [-0.4, -0.2) is 42.7 Å². The van der Waals surface area contributed by atoms with Gasteiger partial charge in [-0.2, -0.15) is 0 Å². The normalized spacial score (nSPS) is 18.3. The highest BCUT2D eigenvalue weighted by atomic mass is 32.1. The molecule has 4 nitrogen and oxygen atoms in total. The number of hydrogen-bond acceptors (Lipinski definition) is 5. The van der Waals surface area contributed by atoms with Crippen molar-refractivity contribution in [1.29, 1.82) is 0 Å². The van der Waals surface area contributed by atoms with E-state index in [1.165, 1.54) is 10.7 Å². The summed E-state index contributed by atoms with van der Waals surface area (Å²) in [5.74, 6) is 0. The third-order valence-electron chi connectivity index (χ3n) is 3.25. The number of rotatable bonds is 6. The van der Waals surface area contributed by atoms with Crippen molar-refractivity contribution in [3.8, 4) is 0 Å². The first-order valence-electron chi connectivity index (χ1n) is 6.73. The maximum Gasteiger partial charge on any atom is 0.107 e. The van der Waals surface area contributed by atoms with Crippen LogP contribution in [0.4, 0.5) is 0 Å². The van der Waals surface area contributed by atoms with Crippen molar-refractivity contribution in [2.45, 2.75) is 39.0 Å². The molecule has 0 saturated carbocycles. The first-order valence-corrected chi connectivity index (χ1v) is 7.61. The molecule has 0 aromatic carbocycles. The Balaban J connectivity index is 1.76. The predicted molar refractivity (Wildman–Crippen MR) is 74.8 cm³/mol. The molecule has 2 rings (SSSR count). The minimum absolute atomic E-state index is 0.474. The third kappa shape index (κ3) is 4.02. The first-order chi connectivity index (χ1) is 8.81. The summed E-state index contributed by atoms with van der Waals surface area (Å²) in [6.45, 7) is 7.03. The van der Waals surface area contributed by atoms with Gasteiger partial charge in [-0.1, -0.05) is 0 Å². The van der Waals surface area contributed by atoms with E-state index >= 15 is 0 Å². The average molecular weight is 269 g/mol. The molecule has 5 heteroatoms. The van der Waals surface area contributed by atoms with Gasteiger partial charge in [-0.05, 0) is 26.8 Å².